The molecule has 2 rings (SSSR count). The SMILES string of the molecule is Cc1cc(F)cc(C)c1C(=O)Cc1cccc(F)c1. The van der Waals surface area contributed by atoms with Gasteiger partial charge in [-0.05, 0) is 54.8 Å². The van der Waals surface area contributed by atoms with Crippen molar-refractivity contribution in [2.75, 3.05) is 0 Å². The first-order valence-electron chi connectivity index (χ1n) is 6.02. The smallest absolute Gasteiger partial charge is 0.167 e. The summed E-state index contributed by atoms with van der Waals surface area (Å²) in [6.07, 6.45) is 0.116. The molecule has 0 radical (unpaired) electrons. The van der Waals surface area contributed by atoms with E-state index in [9.17, 15) is 13.6 Å². The number of hydrogen-bond acceptors (Lipinski definition) is 1. The van der Waals surface area contributed by atoms with Crippen LogP contribution < -0.4 is 0 Å². The summed E-state index contributed by atoms with van der Waals surface area (Å²) >= 11 is 0. The second-order valence-electron chi connectivity index (χ2n) is 4.64. The number of halogens is 2. The second kappa shape index (κ2) is 5.31. The van der Waals surface area contributed by atoms with Crippen LogP contribution in [0.5, 0.6) is 0 Å². The third-order valence-corrected chi connectivity index (χ3v) is 3.03. The number of benzene rings is 2. The van der Waals surface area contributed by atoms with Gasteiger partial charge in [0.1, 0.15) is 11.6 Å². The maximum Gasteiger partial charge on any atom is 0.167 e. The summed E-state index contributed by atoms with van der Waals surface area (Å²) < 4.78 is 26.3. The van der Waals surface area contributed by atoms with E-state index in [4.69, 9.17) is 0 Å². The maximum atomic E-state index is 13.2. The van der Waals surface area contributed by atoms with Crippen LogP contribution in [0.2, 0.25) is 0 Å². The van der Waals surface area contributed by atoms with Crippen LogP contribution in [0.3, 0.4) is 0 Å². The van der Waals surface area contributed by atoms with Gasteiger partial charge in [0.25, 0.3) is 0 Å². The summed E-state index contributed by atoms with van der Waals surface area (Å²) in [5.74, 6) is -0.837. The Hall–Kier alpha value is -2.03. The molecule has 2 aromatic rings. The summed E-state index contributed by atoms with van der Waals surface area (Å²) in [7, 11) is 0. The number of rotatable bonds is 3. The molecule has 98 valence electrons. The van der Waals surface area contributed by atoms with Gasteiger partial charge in [-0.1, -0.05) is 12.1 Å². The van der Waals surface area contributed by atoms with Crippen LogP contribution in [0.15, 0.2) is 36.4 Å². The fourth-order valence-electron chi connectivity index (χ4n) is 2.27. The third-order valence-electron chi connectivity index (χ3n) is 3.03. The van der Waals surface area contributed by atoms with Gasteiger partial charge in [0.15, 0.2) is 5.78 Å². The summed E-state index contributed by atoms with van der Waals surface area (Å²) in [4.78, 5) is 12.2. The van der Waals surface area contributed by atoms with Gasteiger partial charge in [0.05, 0.1) is 0 Å². The zero-order valence-corrected chi connectivity index (χ0v) is 10.8. The third kappa shape index (κ3) is 3.05. The molecule has 19 heavy (non-hydrogen) atoms. The number of carbonyl (C=O) groups is 1. The van der Waals surface area contributed by atoms with Crippen molar-refractivity contribution in [1.29, 1.82) is 0 Å². The number of Topliss-reactive ketones (excluding diaryl/α,β-unsaturated/α-hetero) is 1. The number of ketones is 1. The van der Waals surface area contributed by atoms with Crippen molar-refractivity contribution >= 4 is 5.78 Å². The van der Waals surface area contributed by atoms with Gasteiger partial charge in [-0.25, -0.2) is 8.78 Å². The Kier molecular flexibility index (Phi) is 3.74. The molecule has 0 saturated carbocycles. The van der Waals surface area contributed by atoms with E-state index in [0.717, 1.165) is 0 Å². The average Bonchev–Trinajstić information content (AvgIpc) is 2.27. The van der Waals surface area contributed by atoms with E-state index in [2.05, 4.69) is 0 Å². The van der Waals surface area contributed by atoms with E-state index in [1.54, 1.807) is 26.0 Å². The van der Waals surface area contributed by atoms with E-state index >= 15 is 0 Å². The van der Waals surface area contributed by atoms with Crippen LogP contribution in [0.1, 0.15) is 27.0 Å². The molecule has 3 heteroatoms. The van der Waals surface area contributed by atoms with E-state index in [-0.39, 0.29) is 23.8 Å². The molecule has 0 aliphatic heterocycles. The summed E-state index contributed by atoms with van der Waals surface area (Å²) in [6.45, 7) is 3.41. The van der Waals surface area contributed by atoms with Crippen LogP contribution in [0.25, 0.3) is 0 Å². The highest BCUT2D eigenvalue weighted by atomic mass is 19.1. The van der Waals surface area contributed by atoms with Gasteiger partial charge in [0, 0.05) is 12.0 Å². The van der Waals surface area contributed by atoms with Crippen LogP contribution in [0, 0.1) is 25.5 Å². The van der Waals surface area contributed by atoms with E-state index < -0.39 is 0 Å². The molecule has 0 aliphatic carbocycles. The van der Waals surface area contributed by atoms with Gasteiger partial charge in [-0.2, -0.15) is 0 Å². The van der Waals surface area contributed by atoms with Crippen LogP contribution in [0.4, 0.5) is 8.78 Å². The van der Waals surface area contributed by atoms with E-state index in [1.807, 2.05) is 0 Å². The Morgan fingerprint density at radius 2 is 1.63 bits per heavy atom. The molecule has 0 amide bonds. The molecule has 0 unspecified atom stereocenters. The monoisotopic (exact) mass is 260 g/mol. The van der Waals surface area contributed by atoms with Crippen molar-refractivity contribution in [2.24, 2.45) is 0 Å². The Morgan fingerprint density at radius 1 is 1.00 bits per heavy atom. The zero-order valence-electron chi connectivity index (χ0n) is 10.8. The van der Waals surface area contributed by atoms with Crippen molar-refractivity contribution < 1.29 is 13.6 Å². The molecule has 2 aromatic carbocycles. The minimum atomic E-state index is -0.363. The van der Waals surface area contributed by atoms with Crippen LogP contribution in [-0.4, -0.2) is 5.78 Å². The maximum absolute atomic E-state index is 13.2. The number of aryl methyl sites for hydroxylation is 2. The van der Waals surface area contributed by atoms with Gasteiger partial charge < -0.3 is 0 Å². The van der Waals surface area contributed by atoms with Gasteiger partial charge >= 0.3 is 0 Å². The van der Waals surface area contributed by atoms with Crippen molar-refractivity contribution in [1.82, 2.24) is 0 Å². The lowest BCUT2D eigenvalue weighted by Crippen LogP contribution is -2.08. The highest BCUT2D eigenvalue weighted by Gasteiger charge is 2.14. The lowest BCUT2D eigenvalue weighted by molar-refractivity contribution is 0.0991. The van der Waals surface area contributed by atoms with Crippen molar-refractivity contribution in [3.8, 4) is 0 Å². The van der Waals surface area contributed by atoms with Crippen molar-refractivity contribution in [3.05, 3.63) is 70.3 Å². The lowest BCUT2D eigenvalue weighted by Gasteiger charge is -2.09. The average molecular weight is 260 g/mol. The highest BCUT2D eigenvalue weighted by molar-refractivity contribution is 6.00. The van der Waals surface area contributed by atoms with Crippen LogP contribution in [-0.2, 0) is 6.42 Å². The minimum absolute atomic E-state index is 0.116. The summed E-state index contributed by atoms with van der Waals surface area (Å²) in [5, 5.41) is 0. The first-order valence-corrected chi connectivity index (χ1v) is 6.02. The van der Waals surface area contributed by atoms with Gasteiger partial charge in [-0.15, -0.1) is 0 Å². The van der Waals surface area contributed by atoms with Crippen molar-refractivity contribution in [3.63, 3.8) is 0 Å². The molecule has 0 heterocycles. The normalized spacial score (nSPS) is 10.5. The fourth-order valence-corrected chi connectivity index (χ4v) is 2.27. The Labute approximate surface area is 110 Å². The Bertz CT molecular complexity index is 609. The molecule has 0 spiro atoms. The first-order chi connectivity index (χ1) is 8.97. The largest absolute Gasteiger partial charge is 0.294 e. The molecular formula is C16H14F2O. The molecule has 0 saturated heterocycles. The topological polar surface area (TPSA) is 17.1 Å². The van der Waals surface area contributed by atoms with Gasteiger partial charge in [0.2, 0.25) is 0 Å². The summed E-state index contributed by atoms with van der Waals surface area (Å²) in [5.41, 5.74) is 2.36. The van der Waals surface area contributed by atoms with Crippen molar-refractivity contribution in [2.45, 2.75) is 20.3 Å². The number of carbonyl (C=O) groups excluding carboxylic acids is 1. The molecule has 1 nitrogen and oxygen atoms in total. The van der Waals surface area contributed by atoms with E-state index in [0.29, 0.717) is 22.3 Å². The second-order valence-corrected chi connectivity index (χ2v) is 4.64. The number of hydrogen-bond donors (Lipinski definition) is 0. The fraction of sp³-hybridized carbons (Fsp3) is 0.188. The minimum Gasteiger partial charge on any atom is -0.294 e. The lowest BCUT2D eigenvalue weighted by atomic mass is 9.95. The Balaban J connectivity index is 2.31. The quantitative estimate of drug-likeness (QED) is 0.762. The molecule has 0 aliphatic rings. The molecule has 0 atom stereocenters. The molecule has 0 aromatic heterocycles. The summed E-state index contributed by atoms with van der Waals surface area (Å²) in [6, 6.07) is 8.63. The first kappa shape index (κ1) is 13.4. The predicted octanol–water partition coefficient (Wildman–Crippen LogP) is 4.01. The van der Waals surface area contributed by atoms with Gasteiger partial charge in [-0.3, -0.25) is 4.79 Å². The van der Waals surface area contributed by atoms with Crippen LogP contribution >= 0.6 is 0 Å². The standard InChI is InChI=1S/C16H14F2O/c1-10-6-14(18)7-11(2)16(10)15(19)9-12-4-3-5-13(17)8-12/h3-8H,9H2,1-2H3. The van der Waals surface area contributed by atoms with E-state index in [1.165, 1.54) is 24.3 Å². The molecule has 0 N–H and O–H groups in total. The predicted molar refractivity (Wildman–Crippen MR) is 70.3 cm³/mol. The highest BCUT2D eigenvalue weighted by Crippen LogP contribution is 2.18. The molecular weight excluding hydrogens is 246 g/mol. The Morgan fingerprint density at radius 3 is 2.21 bits per heavy atom. The molecule has 0 bridgehead atoms. The molecule has 0 fully saturated rings. The zero-order chi connectivity index (χ0) is 14.0.